The van der Waals surface area contributed by atoms with E-state index in [2.05, 4.69) is 18.8 Å². The van der Waals surface area contributed by atoms with Crippen molar-refractivity contribution in [1.82, 2.24) is 4.98 Å². The molecule has 0 aliphatic carbocycles. The maximum absolute atomic E-state index is 13.1. The van der Waals surface area contributed by atoms with E-state index in [1.54, 1.807) is 36.5 Å². The van der Waals surface area contributed by atoms with Crippen LogP contribution in [0.5, 0.6) is 11.5 Å². The van der Waals surface area contributed by atoms with Gasteiger partial charge in [0.2, 0.25) is 0 Å². The van der Waals surface area contributed by atoms with Crippen molar-refractivity contribution in [2.75, 3.05) is 13.2 Å². The number of ketones is 2. The van der Waals surface area contributed by atoms with Gasteiger partial charge in [0.1, 0.15) is 17.2 Å². The third-order valence-corrected chi connectivity index (χ3v) is 8.01. The van der Waals surface area contributed by atoms with E-state index in [9.17, 15) is 9.59 Å². The van der Waals surface area contributed by atoms with E-state index in [0.29, 0.717) is 36.0 Å². The molecule has 0 unspecified atom stereocenters. The first-order valence-electron chi connectivity index (χ1n) is 17.5. The summed E-state index contributed by atoms with van der Waals surface area (Å²) in [5.41, 5.74) is 0.754. The highest BCUT2D eigenvalue weighted by Crippen LogP contribution is 2.25. The second-order valence-electron chi connectivity index (χ2n) is 12.0. The Hall–Kier alpha value is -2.69. The number of unbranched alkanes of at least 4 members (excludes halogenated alkanes) is 18. The van der Waals surface area contributed by atoms with Crippen molar-refractivity contribution < 1.29 is 19.1 Å². The summed E-state index contributed by atoms with van der Waals surface area (Å²) in [6.07, 6.45) is 26.8. The number of aromatic nitrogens is 1. The van der Waals surface area contributed by atoms with Crippen LogP contribution >= 0.6 is 0 Å². The van der Waals surface area contributed by atoms with Crippen LogP contribution in [-0.2, 0) is 0 Å². The van der Waals surface area contributed by atoms with Gasteiger partial charge in [-0.25, -0.2) is 0 Å². The van der Waals surface area contributed by atoms with Crippen molar-refractivity contribution in [2.45, 2.75) is 149 Å². The smallest absolute Gasteiger partial charge is 0.188 e. The van der Waals surface area contributed by atoms with Crippen LogP contribution in [0.2, 0.25) is 0 Å². The molecule has 0 saturated heterocycles. The second-order valence-corrected chi connectivity index (χ2v) is 12.0. The monoisotopic (exact) mass is 593 g/mol. The summed E-state index contributed by atoms with van der Waals surface area (Å²) in [6, 6.07) is 10.5. The number of pyridine rings is 1. The fourth-order valence-electron chi connectivity index (χ4n) is 5.32. The molecule has 0 bridgehead atoms. The molecule has 0 fully saturated rings. The van der Waals surface area contributed by atoms with Gasteiger partial charge in [0.25, 0.3) is 0 Å². The summed E-state index contributed by atoms with van der Waals surface area (Å²) in [5.74, 6) is 0.731. The SMILES string of the molecule is CCCCCCCCCCCCOc1cc(OCCCCCCCCCCCC)cc(C(=O)CC(=O)c2ccccn2)c1. The zero-order chi connectivity index (χ0) is 30.8. The fraction of sp³-hybridized carbons (Fsp3) is 0.658. The van der Waals surface area contributed by atoms with E-state index in [1.165, 1.54) is 103 Å². The van der Waals surface area contributed by atoms with E-state index >= 15 is 0 Å². The van der Waals surface area contributed by atoms with Crippen LogP contribution in [0.1, 0.15) is 170 Å². The summed E-state index contributed by atoms with van der Waals surface area (Å²) >= 11 is 0. The fourth-order valence-corrected chi connectivity index (χ4v) is 5.32. The minimum atomic E-state index is -0.282. The van der Waals surface area contributed by atoms with E-state index in [0.717, 1.165) is 25.7 Å². The summed E-state index contributed by atoms with van der Waals surface area (Å²) in [7, 11) is 0. The molecule has 0 aliphatic heterocycles. The number of Topliss-reactive ketones (excluding diaryl/α,β-unsaturated/α-hetero) is 2. The lowest BCUT2D eigenvalue weighted by Crippen LogP contribution is -2.11. The van der Waals surface area contributed by atoms with Crippen molar-refractivity contribution in [1.29, 1.82) is 0 Å². The number of benzene rings is 1. The molecule has 0 radical (unpaired) electrons. The predicted octanol–water partition coefficient (Wildman–Crippen LogP) is 11.1. The third kappa shape index (κ3) is 17.9. The normalized spacial score (nSPS) is 11.0. The topological polar surface area (TPSA) is 65.5 Å². The highest BCUT2D eigenvalue weighted by molar-refractivity contribution is 6.13. The number of ether oxygens (including phenoxy) is 2. The average Bonchev–Trinajstić information content (AvgIpc) is 3.02. The van der Waals surface area contributed by atoms with E-state index in [1.807, 2.05) is 6.07 Å². The van der Waals surface area contributed by atoms with Gasteiger partial charge in [0.05, 0.1) is 19.6 Å². The Morgan fingerprint density at radius 3 is 1.42 bits per heavy atom. The third-order valence-electron chi connectivity index (χ3n) is 8.01. The molecule has 0 saturated carbocycles. The highest BCUT2D eigenvalue weighted by Gasteiger charge is 2.17. The van der Waals surface area contributed by atoms with Gasteiger partial charge >= 0.3 is 0 Å². The number of nitrogens with zero attached hydrogens (tertiary/aromatic N) is 1. The minimum absolute atomic E-state index is 0.225. The molecule has 0 atom stereocenters. The lowest BCUT2D eigenvalue weighted by molar-refractivity contribution is 0.0890. The van der Waals surface area contributed by atoms with Crippen LogP contribution < -0.4 is 9.47 Å². The van der Waals surface area contributed by atoms with Crippen molar-refractivity contribution in [3.05, 3.63) is 53.9 Å². The van der Waals surface area contributed by atoms with Crippen molar-refractivity contribution in [2.24, 2.45) is 0 Å². The minimum Gasteiger partial charge on any atom is -0.493 e. The van der Waals surface area contributed by atoms with Gasteiger partial charge in [0, 0.05) is 17.8 Å². The van der Waals surface area contributed by atoms with Gasteiger partial charge in [0.15, 0.2) is 11.6 Å². The van der Waals surface area contributed by atoms with E-state index in [-0.39, 0.29) is 18.0 Å². The number of carbonyl (C=O) groups is 2. The number of carbonyl (C=O) groups excluding carboxylic acids is 2. The molecule has 1 aromatic heterocycles. The van der Waals surface area contributed by atoms with Gasteiger partial charge in [-0.15, -0.1) is 0 Å². The maximum Gasteiger partial charge on any atom is 0.188 e. The molecule has 0 aliphatic rings. The Kier molecular flexibility index (Phi) is 21.0. The average molecular weight is 594 g/mol. The van der Waals surface area contributed by atoms with Gasteiger partial charge in [-0.05, 0) is 37.1 Å². The number of rotatable bonds is 28. The molecule has 2 aromatic rings. The van der Waals surface area contributed by atoms with Crippen LogP contribution in [0.4, 0.5) is 0 Å². The van der Waals surface area contributed by atoms with Gasteiger partial charge in [-0.3, -0.25) is 14.6 Å². The standard InChI is InChI=1S/C38H59NO4/c1-3-5-7-9-11-13-15-17-19-23-27-42-34-29-33(37(40)32-38(41)36-25-21-22-26-39-36)30-35(31-34)43-28-24-20-18-16-14-12-10-8-6-4-2/h21-22,25-26,29-31H,3-20,23-24,27-28,32H2,1-2H3. The molecule has 5 nitrogen and oxygen atoms in total. The molecule has 1 heterocycles. The van der Waals surface area contributed by atoms with Crippen LogP contribution in [0.15, 0.2) is 42.6 Å². The zero-order valence-corrected chi connectivity index (χ0v) is 27.4. The first-order valence-corrected chi connectivity index (χ1v) is 17.5. The lowest BCUT2D eigenvalue weighted by Gasteiger charge is -2.12. The Bertz CT molecular complexity index is 946. The van der Waals surface area contributed by atoms with Gasteiger partial charge in [-0.1, -0.05) is 135 Å². The number of hydrogen-bond donors (Lipinski definition) is 0. The first kappa shape index (κ1) is 36.5. The molecule has 43 heavy (non-hydrogen) atoms. The quantitative estimate of drug-likeness (QED) is 0.0558. The zero-order valence-electron chi connectivity index (χ0n) is 27.4. The highest BCUT2D eigenvalue weighted by atomic mass is 16.5. The van der Waals surface area contributed by atoms with E-state index < -0.39 is 0 Å². The maximum atomic E-state index is 13.1. The molecular weight excluding hydrogens is 534 g/mol. The van der Waals surface area contributed by atoms with Crippen LogP contribution in [0.3, 0.4) is 0 Å². The van der Waals surface area contributed by atoms with Crippen molar-refractivity contribution in [3.8, 4) is 11.5 Å². The summed E-state index contributed by atoms with van der Waals surface area (Å²) in [5, 5.41) is 0. The molecule has 5 heteroatoms. The van der Waals surface area contributed by atoms with Crippen molar-refractivity contribution in [3.63, 3.8) is 0 Å². The number of hydrogen-bond acceptors (Lipinski definition) is 5. The second kappa shape index (κ2) is 24.7. The lowest BCUT2D eigenvalue weighted by atomic mass is 10.0. The van der Waals surface area contributed by atoms with Crippen LogP contribution in [-0.4, -0.2) is 29.8 Å². The largest absolute Gasteiger partial charge is 0.493 e. The Balaban J connectivity index is 1.80. The van der Waals surface area contributed by atoms with E-state index in [4.69, 9.17) is 9.47 Å². The van der Waals surface area contributed by atoms with Crippen molar-refractivity contribution >= 4 is 11.6 Å². The Morgan fingerprint density at radius 2 is 1.00 bits per heavy atom. The molecule has 2 rings (SSSR count). The Labute approximate surface area is 262 Å². The van der Waals surface area contributed by atoms with Gasteiger partial charge in [-0.2, -0.15) is 0 Å². The molecule has 240 valence electrons. The summed E-state index contributed by atoms with van der Waals surface area (Å²) < 4.78 is 12.2. The Morgan fingerprint density at radius 1 is 0.558 bits per heavy atom. The molecule has 0 amide bonds. The summed E-state index contributed by atoms with van der Waals surface area (Å²) in [4.78, 5) is 29.8. The molecule has 1 aromatic carbocycles. The first-order chi connectivity index (χ1) is 21.1. The summed E-state index contributed by atoms with van der Waals surface area (Å²) in [6.45, 7) is 5.74. The van der Waals surface area contributed by atoms with Crippen LogP contribution in [0, 0.1) is 0 Å². The van der Waals surface area contributed by atoms with Gasteiger partial charge < -0.3 is 9.47 Å². The molecule has 0 spiro atoms. The molecular formula is C38H59NO4. The molecule has 0 N–H and O–H groups in total. The van der Waals surface area contributed by atoms with Crippen LogP contribution in [0.25, 0.3) is 0 Å². The predicted molar refractivity (Wildman–Crippen MR) is 179 cm³/mol.